The summed E-state index contributed by atoms with van der Waals surface area (Å²) in [6.07, 6.45) is 6.99. The Bertz CT molecular complexity index is 588. The highest BCUT2D eigenvalue weighted by molar-refractivity contribution is 7.99. The predicted octanol–water partition coefficient (Wildman–Crippen LogP) is 0.963. The van der Waals surface area contributed by atoms with Crippen LogP contribution in [0.2, 0.25) is 0 Å². The minimum atomic E-state index is -0.452. The number of fused-ring (bicyclic) bond motifs is 1. The number of rotatable bonds is 4. The highest BCUT2D eigenvalue weighted by Crippen LogP contribution is 2.23. The van der Waals surface area contributed by atoms with E-state index in [4.69, 9.17) is 5.73 Å². The largest absolute Gasteiger partial charge is 0.368 e. The Morgan fingerprint density at radius 1 is 1.13 bits per heavy atom. The molecular weight excluding hydrogens is 314 g/mol. The first-order valence-electron chi connectivity index (χ1n) is 8.30. The minimum absolute atomic E-state index is 0.0375. The molecule has 0 spiro atoms. The summed E-state index contributed by atoms with van der Waals surface area (Å²) in [5, 5.41) is 9.28. The SMILES string of the molecule is NC(=O)[C@@H]1CCCCN1C(=O)CSc1nnc2n1CCCCC2. The third kappa shape index (κ3) is 3.68. The smallest absolute Gasteiger partial charge is 0.240 e. The maximum atomic E-state index is 12.5. The van der Waals surface area contributed by atoms with Gasteiger partial charge < -0.3 is 15.2 Å². The molecule has 0 bridgehead atoms. The first kappa shape index (κ1) is 16.3. The lowest BCUT2D eigenvalue weighted by Gasteiger charge is -2.33. The highest BCUT2D eigenvalue weighted by Gasteiger charge is 2.30. The number of aryl methyl sites for hydroxylation is 1. The van der Waals surface area contributed by atoms with E-state index in [9.17, 15) is 9.59 Å². The fourth-order valence-corrected chi connectivity index (χ4v) is 4.17. The van der Waals surface area contributed by atoms with Crippen LogP contribution in [-0.4, -0.2) is 49.8 Å². The summed E-state index contributed by atoms with van der Waals surface area (Å²) >= 11 is 1.41. The van der Waals surface area contributed by atoms with Crippen LogP contribution >= 0.6 is 11.8 Å². The molecule has 2 amide bonds. The Kier molecular flexibility index (Phi) is 5.20. The monoisotopic (exact) mass is 337 g/mol. The number of nitrogens with two attached hydrogens (primary N) is 1. The summed E-state index contributed by atoms with van der Waals surface area (Å²) < 4.78 is 2.13. The summed E-state index contributed by atoms with van der Waals surface area (Å²) in [7, 11) is 0. The summed E-state index contributed by atoms with van der Waals surface area (Å²) in [4.78, 5) is 25.6. The lowest BCUT2D eigenvalue weighted by atomic mass is 10.0. The third-order valence-electron chi connectivity index (χ3n) is 4.55. The van der Waals surface area contributed by atoms with Crippen molar-refractivity contribution in [1.29, 1.82) is 0 Å². The van der Waals surface area contributed by atoms with Gasteiger partial charge in [0.1, 0.15) is 11.9 Å². The molecule has 3 heterocycles. The van der Waals surface area contributed by atoms with Crippen molar-refractivity contribution in [3.63, 3.8) is 0 Å². The Morgan fingerprint density at radius 3 is 2.78 bits per heavy atom. The van der Waals surface area contributed by atoms with Gasteiger partial charge in [-0.15, -0.1) is 10.2 Å². The zero-order chi connectivity index (χ0) is 16.2. The second-order valence-electron chi connectivity index (χ2n) is 6.15. The van der Waals surface area contributed by atoms with Crippen molar-refractivity contribution >= 4 is 23.6 Å². The van der Waals surface area contributed by atoms with Gasteiger partial charge in [0.05, 0.1) is 5.75 Å². The predicted molar refractivity (Wildman–Crippen MR) is 86.8 cm³/mol. The second-order valence-corrected chi connectivity index (χ2v) is 7.09. The number of carbonyl (C=O) groups is 2. The number of hydrogen-bond acceptors (Lipinski definition) is 5. The number of piperidine rings is 1. The normalized spacial score (nSPS) is 21.6. The molecule has 1 saturated heterocycles. The number of thioether (sulfide) groups is 1. The van der Waals surface area contributed by atoms with Crippen LogP contribution in [0.5, 0.6) is 0 Å². The van der Waals surface area contributed by atoms with E-state index in [1.54, 1.807) is 4.90 Å². The molecule has 126 valence electrons. The number of likely N-dealkylation sites (tertiary alicyclic amines) is 1. The van der Waals surface area contributed by atoms with E-state index >= 15 is 0 Å². The van der Waals surface area contributed by atoms with Crippen molar-refractivity contribution in [3.05, 3.63) is 5.82 Å². The van der Waals surface area contributed by atoms with Crippen molar-refractivity contribution in [2.24, 2.45) is 5.73 Å². The minimum Gasteiger partial charge on any atom is -0.368 e. The molecule has 1 aromatic heterocycles. The van der Waals surface area contributed by atoms with Gasteiger partial charge in [-0.1, -0.05) is 18.2 Å². The zero-order valence-corrected chi connectivity index (χ0v) is 14.1. The quantitative estimate of drug-likeness (QED) is 0.826. The van der Waals surface area contributed by atoms with E-state index in [-0.39, 0.29) is 11.7 Å². The van der Waals surface area contributed by atoms with Crippen LogP contribution in [0.4, 0.5) is 0 Å². The molecule has 2 aliphatic rings. The molecule has 0 radical (unpaired) electrons. The number of primary amides is 1. The molecule has 1 atom stereocenters. The standard InChI is InChI=1S/C15H23N5O2S/c16-14(22)11-6-3-5-8-19(11)13(21)10-23-15-18-17-12-7-2-1-4-9-20(12)15/h11H,1-10H2,(H2,16,22)/t11-/m0/s1. The molecule has 2 N–H and O–H groups in total. The van der Waals surface area contributed by atoms with E-state index in [2.05, 4.69) is 14.8 Å². The second kappa shape index (κ2) is 7.33. The van der Waals surface area contributed by atoms with Crippen molar-refractivity contribution in [2.45, 2.75) is 62.7 Å². The fourth-order valence-electron chi connectivity index (χ4n) is 3.30. The van der Waals surface area contributed by atoms with Gasteiger partial charge >= 0.3 is 0 Å². The van der Waals surface area contributed by atoms with Gasteiger partial charge in [0.2, 0.25) is 11.8 Å². The van der Waals surface area contributed by atoms with Gasteiger partial charge in [0.25, 0.3) is 0 Å². The molecule has 8 heteroatoms. The van der Waals surface area contributed by atoms with Crippen LogP contribution < -0.4 is 5.73 Å². The first-order chi connectivity index (χ1) is 11.2. The summed E-state index contributed by atoms with van der Waals surface area (Å²) in [6.45, 7) is 1.54. The van der Waals surface area contributed by atoms with E-state index in [1.807, 2.05) is 0 Å². The Balaban J connectivity index is 1.62. The topological polar surface area (TPSA) is 94.1 Å². The number of aromatic nitrogens is 3. The average Bonchev–Trinajstić information content (AvgIpc) is 2.79. The molecule has 23 heavy (non-hydrogen) atoms. The highest BCUT2D eigenvalue weighted by atomic mass is 32.2. The molecule has 0 aliphatic carbocycles. The molecular formula is C15H23N5O2S. The number of nitrogens with zero attached hydrogens (tertiary/aromatic N) is 4. The molecule has 0 unspecified atom stereocenters. The molecule has 0 aromatic carbocycles. The first-order valence-corrected chi connectivity index (χ1v) is 9.29. The lowest BCUT2D eigenvalue weighted by Crippen LogP contribution is -2.51. The Morgan fingerprint density at radius 2 is 1.96 bits per heavy atom. The fraction of sp³-hybridized carbons (Fsp3) is 0.733. The van der Waals surface area contributed by atoms with E-state index in [0.717, 1.165) is 49.6 Å². The number of amides is 2. The van der Waals surface area contributed by atoms with Crippen molar-refractivity contribution in [3.8, 4) is 0 Å². The van der Waals surface area contributed by atoms with E-state index < -0.39 is 11.9 Å². The van der Waals surface area contributed by atoms with Crippen LogP contribution in [0.25, 0.3) is 0 Å². The zero-order valence-electron chi connectivity index (χ0n) is 13.2. The van der Waals surface area contributed by atoms with Gasteiger partial charge in [-0.3, -0.25) is 9.59 Å². The van der Waals surface area contributed by atoms with Crippen LogP contribution in [0.3, 0.4) is 0 Å². The van der Waals surface area contributed by atoms with Gasteiger partial charge in [-0.2, -0.15) is 0 Å². The molecule has 1 aromatic rings. The Hall–Kier alpha value is -1.57. The summed E-state index contributed by atoms with van der Waals surface area (Å²) in [5.74, 6) is 0.858. The van der Waals surface area contributed by atoms with Crippen molar-refractivity contribution < 1.29 is 9.59 Å². The van der Waals surface area contributed by atoms with Gasteiger partial charge in [-0.25, -0.2) is 0 Å². The van der Waals surface area contributed by atoms with Gasteiger partial charge in [0, 0.05) is 19.5 Å². The van der Waals surface area contributed by atoms with Crippen LogP contribution in [-0.2, 0) is 22.6 Å². The van der Waals surface area contributed by atoms with Crippen LogP contribution in [0.15, 0.2) is 5.16 Å². The Labute approximate surface area is 140 Å². The van der Waals surface area contributed by atoms with Crippen LogP contribution in [0.1, 0.15) is 44.3 Å². The third-order valence-corrected chi connectivity index (χ3v) is 5.50. The average molecular weight is 337 g/mol. The maximum absolute atomic E-state index is 12.5. The summed E-state index contributed by atoms with van der Waals surface area (Å²) in [5.41, 5.74) is 5.43. The molecule has 2 aliphatic heterocycles. The van der Waals surface area contributed by atoms with Gasteiger partial charge in [-0.05, 0) is 32.1 Å². The van der Waals surface area contributed by atoms with Gasteiger partial charge in [0.15, 0.2) is 5.16 Å². The van der Waals surface area contributed by atoms with Crippen LogP contribution in [0, 0.1) is 0 Å². The van der Waals surface area contributed by atoms with Crippen molar-refractivity contribution in [1.82, 2.24) is 19.7 Å². The molecule has 3 rings (SSSR count). The van der Waals surface area contributed by atoms with E-state index in [0.29, 0.717) is 13.0 Å². The number of carbonyl (C=O) groups excluding carboxylic acids is 2. The summed E-state index contributed by atoms with van der Waals surface area (Å²) in [6, 6.07) is -0.452. The lowest BCUT2D eigenvalue weighted by molar-refractivity contribution is -0.138. The van der Waals surface area contributed by atoms with E-state index in [1.165, 1.54) is 18.2 Å². The molecule has 1 fully saturated rings. The van der Waals surface area contributed by atoms with Crippen molar-refractivity contribution in [2.75, 3.05) is 12.3 Å². The number of hydrogen-bond donors (Lipinski definition) is 1. The molecule has 0 saturated carbocycles. The molecule has 7 nitrogen and oxygen atoms in total. The maximum Gasteiger partial charge on any atom is 0.240 e.